The van der Waals surface area contributed by atoms with Crippen LogP contribution in [-0.2, 0) is 24.3 Å². The van der Waals surface area contributed by atoms with Crippen LogP contribution in [0.2, 0.25) is 5.02 Å². The Morgan fingerprint density at radius 2 is 1.58 bits per heavy atom. The zero-order chi connectivity index (χ0) is 26.3. The van der Waals surface area contributed by atoms with E-state index in [1.54, 1.807) is 0 Å². The molecule has 0 saturated carbocycles. The van der Waals surface area contributed by atoms with Gasteiger partial charge in [0.15, 0.2) is 13.2 Å². The van der Waals surface area contributed by atoms with Crippen molar-refractivity contribution in [3.8, 4) is 5.75 Å². The summed E-state index contributed by atoms with van der Waals surface area (Å²) in [6, 6.07) is 16.9. The van der Waals surface area contributed by atoms with Gasteiger partial charge in [-0.1, -0.05) is 11.6 Å². The van der Waals surface area contributed by atoms with Gasteiger partial charge in [0.05, 0.1) is 15.5 Å². The van der Waals surface area contributed by atoms with E-state index >= 15 is 0 Å². The molecule has 0 unspecified atom stereocenters. The van der Waals surface area contributed by atoms with Gasteiger partial charge in [-0.25, -0.2) is 13.2 Å². The first-order chi connectivity index (χ1) is 17.1. The topological polar surface area (TPSA) is 145 Å². The number of anilines is 2. The van der Waals surface area contributed by atoms with Gasteiger partial charge >= 0.3 is 5.97 Å². The normalized spacial score (nSPS) is 10.8. The molecule has 0 heterocycles. The van der Waals surface area contributed by atoms with Gasteiger partial charge in [0, 0.05) is 29.9 Å². The van der Waals surface area contributed by atoms with Crippen molar-refractivity contribution in [1.82, 2.24) is 0 Å². The summed E-state index contributed by atoms with van der Waals surface area (Å²) in [6.45, 7) is -1.06. The lowest BCUT2D eigenvalue weighted by molar-refractivity contribution is -0.384. The molecule has 36 heavy (non-hydrogen) atoms. The molecule has 3 aromatic carbocycles. The number of carbonyl (C=O) groups is 2. The lowest BCUT2D eigenvalue weighted by Gasteiger charge is -2.20. The fourth-order valence-electron chi connectivity index (χ4n) is 2.85. The SMILES string of the molecule is CN(c1ccc(OCC(=O)OCC(=O)Nc2ccc([N+](=O)[O-])cc2)cc1)S(=O)(=O)c1ccc(Cl)cc1. The number of nitrogens with one attached hydrogen (secondary N) is 1. The second kappa shape index (κ2) is 11.5. The van der Waals surface area contributed by atoms with Gasteiger partial charge in [-0.05, 0) is 60.7 Å². The van der Waals surface area contributed by atoms with Crippen LogP contribution in [0.4, 0.5) is 17.1 Å². The van der Waals surface area contributed by atoms with E-state index in [-0.39, 0.29) is 16.3 Å². The molecule has 3 aromatic rings. The minimum atomic E-state index is -3.80. The van der Waals surface area contributed by atoms with E-state index in [9.17, 15) is 28.1 Å². The Bertz CT molecular complexity index is 1350. The number of hydrogen-bond acceptors (Lipinski definition) is 8. The lowest BCUT2D eigenvalue weighted by atomic mass is 10.3. The molecule has 0 aliphatic heterocycles. The van der Waals surface area contributed by atoms with Crippen molar-refractivity contribution >= 4 is 50.6 Å². The summed E-state index contributed by atoms with van der Waals surface area (Å²) in [5.74, 6) is -1.16. The molecule has 1 N–H and O–H groups in total. The third-order valence-electron chi connectivity index (χ3n) is 4.76. The second-order valence-corrected chi connectivity index (χ2v) is 9.63. The first-order valence-electron chi connectivity index (χ1n) is 10.2. The number of rotatable bonds is 10. The van der Waals surface area contributed by atoms with Crippen molar-refractivity contribution < 1.29 is 32.4 Å². The number of nitrogens with zero attached hydrogens (tertiary/aromatic N) is 2. The number of sulfonamides is 1. The Balaban J connectivity index is 1.47. The van der Waals surface area contributed by atoms with Crippen molar-refractivity contribution in [1.29, 1.82) is 0 Å². The molecule has 1 amide bonds. The van der Waals surface area contributed by atoms with E-state index in [0.717, 1.165) is 4.31 Å². The highest BCUT2D eigenvalue weighted by atomic mass is 35.5. The van der Waals surface area contributed by atoms with E-state index in [1.807, 2.05) is 0 Å². The van der Waals surface area contributed by atoms with E-state index in [2.05, 4.69) is 5.32 Å². The summed E-state index contributed by atoms with van der Waals surface area (Å²) in [7, 11) is -2.40. The Hall–Kier alpha value is -4.16. The maximum Gasteiger partial charge on any atom is 0.344 e. The predicted octanol–water partition coefficient (Wildman–Crippen LogP) is 3.63. The van der Waals surface area contributed by atoms with Gasteiger partial charge in [-0.15, -0.1) is 0 Å². The van der Waals surface area contributed by atoms with Crippen LogP contribution >= 0.6 is 11.6 Å². The first kappa shape index (κ1) is 26.4. The van der Waals surface area contributed by atoms with Gasteiger partial charge < -0.3 is 14.8 Å². The number of non-ortho nitro benzene ring substituents is 1. The van der Waals surface area contributed by atoms with Crippen LogP contribution in [0, 0.1) is 10.1 Å². The number of hydrogen-bond donors (Lipinski definition) is 1. The van der Waals surface area contributed by atoms with Gasteiger partial charge in [0.25, 0.3) is 21.6 Å². The third kappa shape index (κ3) is 6.93. The largest absolute Gasteiger partial charge is 0.482 e. The summed E-state index contributed by atoms with van der Waals surface area (Å²) >= 11 is 5.82. The number of ether oxygens (including phenoxy) is 2. The molecular weight excluding hydrogens is 514 g/mol. The molecule has 0 aliphatic rings. The molecule has 188 valence electrons. The fourth-order valence-corrected chi connectivity index (χ4v) is 4.17. The van der Waals surface area contributed by atoms with Gasteiger partial charge in [0.2, 0.25) is 0 Å². The molecular formula is C23H20ClN3O8S. The Morgan fingerprint density at radius 3 is 2.17 bits per heavy atom. The van der Waals surface area contributed by atoms with Gasteiger partial charge in [0.1, 0.15) is 5.75 Å². The molecule has 0 radical (unpaired) electrons. The zero-order valence-electron chi connectivity index (χ0n) is 18.8. The van der Waals surface area contributed by atoms with E-state index < -0.39 is 40.0 Å². The number of halogens is 1. The summed E-state index contributed by atoms with van der Waals surface area (Å²) < 4.78 is 36.8. The van der Waals surface area contributed by atoms with Crippen molar-refractivity contribution in [3.63, 3.8) is 0 Å². The second-order valence-electron chi connectivity index (χ2n) is 7.22. The van der Waals surface area contributed by atoms with E-state index in [1.165, 1.54) is 79.8 Å². The molecule has 0 atom stereocenters. The van der Waals surface area contributed by atoms with Crippen molar-refractivity contribution in [3.05, 3.63) is 87.9 Å². The number of amides is 1. The summed E-state index contributed by atoms with van der Waals surface area (Å²) in [6.07, 6.45) is 0. The van der Waals surface area contributed by atoms with Crippen molar-refractivity contribution in [2.45, 2.75) is 4.90 Å². The van der Waals surface area contributed by atoms with Gasteiger partial charge in [-0.3, -0.25) is 19.2 Å². The molecule has 0 spiro atoms. The standard InChI is InChI=1S/C23H20ClN3O8S/c1-26(36(32,33)21-12-2-16(24)3-13-21)18-8-10-20(11-9-18)34-15-23(29)35-14-22(28)25-17-4-6-19(7-5-17)27(30)31/h2-13H,14-15H2,1H3,(H,25,28). The first-order valence-corrected chi connectivity index (χ1v) is 12.1. The lowest BCUT2D eigenvalue weighted by Crippen LogP contribution is -2.26. The fraction of sp³-hybridized carbons (Fsp3) is 0.130. The predicted molar refractivity (Wildman–Crippen MR) is 132 cm³/mol. The molecule has 13 heteroatoms. The maximum atomic E-state index is 12.8. The minimum Gasteiger partial charge on any atom is -0.482 e. The molecule has 0 saturated heterocycles. The number of carbonyl (C=O) groups excluding carboxylic acids is 2. The highest BCUT2D eigenvalue weighted by molar-refractivity contribution is 7.92. The zero-order valence-corrected chi connectivity index (χ0v) is 20.4. The van der Waals surface area contributed by atoms with Crippen molar-refractivity contribution in [2.24, 2.45) is 0 Å². The van der Waals surface area contributed by atoms with Crippen LogP contribution in [0.15, 0.2) is 77.7 Å². The van der Waals surface area contributed by atoms with Crippen LogP contribution in [0.5, 0.6) is 5.75 Å². The van der Waals surface area contributed by atoms with Crippen LogP contribution in [0.3, 0.4) is 0 Å². The number of nitro benzene ring substituents is 1. The van der Waals surface area contributed by atoms with Crippen LogP contribution in [-0.4, -0.2) is 45.5 Å². The maximum absolute atomic E-state index is 12.8. The molecule has 0 bridgehead atoms. The molecule has 0 aliphatic carbocycles. The summed E-state index contributed by atoms with van der Waals surface area (Å²) in [5, 5.41) is 13.5. The molecule has 0 aromatic heterocycles. The summed E-state index contributed by atoms with van der Waals surface area (Å²) in [5.41, 5.74) is 0.545. The average Bonchev–Trinajstić information content (AvgIpc) is 2.86. The number of nitro groups is 1. The Kier molecular flexibility index (Phi) is 8.46. The van der Waals surface area contributed by atoms with Crippen LogP contribution < -0.4 is 14.4 Å². The average molecular weight is 534 g/mol. The smallest absolute Gasteiger partial charge is 0.344 e. The van der Waals surface area contributed by atoms with Gasteiger partial charge in [-0.2, -0.15) is 0 Å². The Labute approximate surface area is 211 Å². The van der Waals surface area contributed by atoms with Crippen LogP contribution in [0.1, 0.15) is 0 Å². The van der Waals surface area contributed by atoms with E-state index in [0.29, 0.717) is 16.4 Å². The van der Waals surface area contributed by atoms with Crippen LogP contribution in [0.25, 0.3) is 0 Å². The monoisotopic (exact) mass is 533 g/mol. The highest BCUT2D eigenvalue weighted by Crippen LogP contribution is 2.25. The molecule has 11 nitrogen and oxygen atoms in total. The van der Waals surface area contributed by atoms with E-state index in [4.69, 9.17) is 21.1 Å². The molecule has 3 rings (SSSR count). The highest BCUT2D eigenvalue weighted by Gasteiger charge is 2.21. The third-order valence-corrected chi connectivity index (χ3v) is 6.81. The van der Waals surface area contributed by atoms with Crippen molar-refractivity contribution in [2.75, 3.05) is 29.9 Å². The molecule has 0 fully saturated rings. The number of esters is 1. The summed E-state index contributed by atoms with van der Waals surface area (Å²) in [4.78, 5) is 33.9. The minimum absolute atomic E-state index is 0.0788. The number of benzene rings is 3. The quantitative estimate of drug-likeness (QED) is 0.236. The Morgan fingerprint density at radius 1 is 0.972 bits per heavy atom.